The van der Waals surface area contributed by atoms with Gasteiger partial charge in [-0.3, -0.25) is 9.59 Å². The summed E-state index contributed by atoms with van der Waals surface area (Å²) in [5, 5.41) is 2.05. The van der Waals surface area contributed by atoms with Gasteiger partial charge in [-0.1, -0.05) is 36.4 Å². The van der Waals surface area contributed by atoms with Crippen molar-refractivity contribution in [3.8, 4) is 0 Å². The van der Waals surface area contributed by atoms with E-state index in [1.54, 1.807) is 11.3 Å². The maximum atomic E-state index is 14.0. The topological polar surface area (TPSA) is 40.6 Å². The van der Waals surface area contributed by atoms with Crippen LogP contribution in [-0.4, -0.2) is 34.2 Å². The molecule has 2 amide bonds. The zero-order valence-corrected chi connectivity index (χ0v) is 20.7. The van der Waals surface area contributed by atoms with Crippen LogP contribution in [0.2, 0.25) is 0 Å². The van der Waals surface area contributed by atoms with Gasteiger partial charge in [0.25, 0.3) is 0 Å². The van der Waals surface area contributed by atoms with Crippen molar-refractivity contribution in [2.75, 3.05) is 6.54 Å². The molecule has 33 heavy (non-hydrogen) atoms. The Bertz CT molecular complexity index is 934. The van der Waals surface area contributed by atoms with Crippen LogP contribution in [0, 0.1) is 23.2 Å². The van der Waals surface area contributed by atoms with Gasteiger partial charge in [0, 0.05) is 17.5 Å². The summed E-state index contributed by atoms with van der Waals surface area (Å²) in [7, 11) is 0. The van der Waals surface area contributed by atoms with E-state index in [1.807, 2.05) is 34.1 Å². The molecule has 4 saturated carbocycles. The Morgan fingerprint density at radius 2 is 1.58 bits per heavy atom. The lowest BCUT2D eigenvalue weighted by atomic mass is 9.49. The summed E-state index contributed by atoms with van der Waals surface area (Å²) in [5.74, 6) is 2.45. The average molecular weight is 465 g/mol. The molecule has 4 fully saturated rings. The molecule has 4 bridgehead atoms. The van der Waals surface area contributed by atoms with E-state index in [-0.39, 0.29) is 29.8 Å². The quantitative estimate of drug-likeness (QED) is 0.500. The molecule has 0 aliphatic heterocycles. The molecule has 0 spiro atoms. The van der Waals surface area contributed by atoms with E-state index >= 15 is 0 Å². The Balaban J connectivity index is 1.34. The molecule has 1 heterocycles. The van der Waals surface area contributed by atoms with E-state index in [2.05, 4.69) is 37.4 Å². The molecule has 0 atom stereocenters. The van der Waals surface area contributed by atoms with E-state index in [1.165, 1.54) is 24.1 Å². The smallest absolute Gasteiger partial charge is 0.242 e. The largest absolute Gasteiger partial charge is 0.332 e. The van der Waals surface area contributed by atoms with Gasteiger partial charge in [0.05, 0.1) is 12.0 Å². The van der Waals surface area contributed by atoms with Crippen LogP contribution in [0.4, 0.5) is 0 Å². The number of rotatable bonds is 8. The minimum atomic E-state index is -0.211. The first-order valence-corrected chi connectivity index (χ1v) is 13.4. The van der Waals surface area contributed by atoms with Gasteiger partial charge >= 0.3 is 0 Å². The van der Waals surface area contributed by atoms with Crippen molar-refractivity contribution in [2.24, 2.45) is 23.2 Å². The maximum Gasteiger partial charge on any atom is 0.242 e. The van der Waals surface area contributed by atoms with E-state index in [4.69, 9.17) is 0 Å². The predicted molar refractivity (Wildman–Crippen MR) is 132 cm³/mol. The monoisotopic (exact) mass is 464 g/mol. The van der Waals surface area contributed by atoms with Crippen LogP contribution < -0.4 is 0 Å². The highest BCUT2D eigenvalue weighted by molar-refractivity contribution is 7.09. The Kier molecular flexibility index (Phi) is 6.34. The van der Waals surface area contributed by atoms with Crippen molar-refractivity contribution in [3.05, 3.63) is 58.3 Å². The molecule has 0 radical (unpaired) electrons. The number of carbonyl (C=O) groups is 2. The highest BCUT2D eigenvalue weighted by Gasteiger charge is 2.56. The van der Waals surface area contributed by atoms with E-state index in [0.717, 1.165) is 42.6 Å². The van der Waals surface area contributed by atoms with Gasteiger partial charge < -0.3 is 9.80 Å². The van der Waals surface area contributed by atoms with Crippen molar-refractivity contribution in [3.63, 3.8) is 0 Å². The number of benzene rings is 1. The summed E-state index contributed by atoms with van der Waals surface area (Å²) in [6.45, 7) is 5.45. The fourth-order valence-electron chi connectivity index (χ4n) is 7.04. The molecule has 6 rings (SSSR count). The number of amides is 2. The minimum Gasteiger partial charge on any atom is -0.332 e. The molecule has 4 aliphatic carbocycles. The van der Waals surface area contributed by atoms with Gasteiger partial charge in [0.1, 0.15) is 6.54 Å². The zero-order chi connectivity index (χ0) is 23.0. The first-order valence-electron chi connectivity index (χ1n) is 12.6. The Hall–Kier alpha value is -2.14. The molecule has 176 valence electrons. The SMILES string of the molecule is CC(C)N(CC(=O)N(Cc1ccccc1)Cc1cccs1)C(=O)C12CC3CC(CC(C3)C1)C2. The Labute approximate surface area is 202 Å². The normalized spacial score (nSPS) is 27.7. The van der Waals surface area contributed by atoms with Gasteiger partial charge in [-0.25, -0.2) is 0 Å². The number of hydrogen-bond acceptors (Lipinski definition) is 3. The summed E-state index contributed by atoms with van der Waals surface area (Å²) in [6, 6.07) is 14.3. The minimum absolute atomic E-state index is 0.0229. The number of hydrogen-bond donors (Lipinski definition) is 0. The Morgan fingerprint density at radius 3 is 2.12 bits per heavy atom. The molecule has 5 heteroatoms. The van der Waals surface area contributed by atoms with Crippen LogP contribution in [0.1, 0.15) is 62.8 Å². The second-order valence-electron chi connectivity index (χ2n) is 11.0. The molecule has 0 saturated heterocycles. The number of thiophene rings is 1. The summed E-state index contributed by atoms with van der Waals surface area (Å²) in [6.07, 6.45) is 7.07. The number of nitrogens with zero attached hydrogens (tertiary/aromatic N) is 2. The van der Waals surface area contributed by atoms with Crippen LogP contribution in [-0.2, 0) is 22.7 Å². The fraction of sp³-hybridized carbons (Fsp3) is 0.571. The lowest BCUT2D eigenvalue weighted by Gasteiger charge is -2.57. The lowest BCUT2D eigenvalue weighted by molar-refractivity contribution is -0.162. The third-order valence-electron chi connectivity index (χ3n) is 8.18. The second-order valence-corrected chi connectivity index (χ2v) is 12.1. The van der Waals surface area contributed by atoms with E-state index in [0.29, 0.717) is 13.1 Å². The molecule has 2 aromatic rings. The van der Waals surface area contributed by atoms with Crippen molar-refractivity contribution >= 4 is 23.2 Å². The molecular formula is C28H36N2O2S. The molecule has 0 N–H and O–H groups in total. The number of carbonyl (C=O) groups excluding carboxylic acids is 2. The standard InChI is InChI=1S/C28H36N2O2S/c1-20(2)30(27(32)28-14-22-11-23(15-28)13-24(12-22)16-28)19-26(31)29(18-25-9-6-10-33-25)17-21-7-4-3-5-8-21/h3-10,20,22-24H,11-19H2,1-2H3. The van der Waals surface area contributed by atoms with Crippen molar-refractivity contribution in [1.29, 1.82) is 0 Å². The molecule has 4 nitrogen and oxygen atoms in total. The summed E-state index contributed by atoms with van der Waals surface area (Å²) >= 11 is 1.67. The first-order chi connectivity index (χ1) is 15.9. The molecule has 4 aliphatic rings. The fourth-order valence-corrected chi connectivity index (χ4v) is 7.76. The summed E-state index contributed by atoms with van der Waals surface area (Å²) < 4.78 is 0. The van der Waals surface area contributed by atoms with Gasteiger partial charge in [-0.2, -0.15) is 0 Å². The zero-order valence-electron chi connectivity index (χ0n) is 19.9. The third kappa shape index (κ3) is 4.75. The molecule has 1 aromatic heterocycles. The highest BCUT2D eigenvalue weighted by Crippen LogP contribution is 2.60. The van der Waals surface area contributed by atoms with Crippen molar-refractivity contribution in [1.82, 2.24) is 9.80 Å². The molecule has 1 aromatic carbocycles. The predicted octanol–water partition coefficient (Wildman–Crippen LogP) is 5.73. The maximum absolute atomic E-state index is 14.0. The molecular weight excluding hydrogens is 428 g/mol. The third-order valence-corrected chi connectivity index (χ3v) is 9.04. The second kappa shape index (κ2) is 9.25. The van der Waals surface area contributed by atoms with Crippen molar-refractivity contribution < 1.29 is 9.59 Å². The van der Waals surface area contributed by atoms with Gasteiger partial charge in [-0.15, -0.1) is 11.3 Å². The first kappa shape index (κ1) is 22.6. The molecule has 0 unspecified atom stereocenters. The van der Waals surface area contributed by atoms with Crippen LogP contribution in [0.5, 0.6) is 0 Å². The van der Waals surface area contributed by atoms with Gasteiger partial charge in [0.15, 0.2) is 0 Å². The lowest BCUT2D eigenvalue weighted by Crippen LogP contribution is -2.57. The average Bonchev–Trinajstić information content (AvgIpc) is 3.29. The van der Waals surface area contributed by atoms with E-state index in [9.17, 15) is 9.59 Å². The highest BCUT2D eigenvalue weighted by atomic mass is 32.1. The summed E-state index contributed by atoms with van der Waals surface area (Å²) in [4.78, 5) is 32.7. The van der Waals surface area contributed by atoms with Crippen LogP contribution in [0.3, 0.4) is 0 Å². The van der Waals surface area contributed by atoms with E-state index < -0.39 is 0 Å². The summed E-state index contributed by atoms with van der Waals surface area (Å²) in [5.41, 5.74) is 0.906. The van der Waals surface area contributed by atoms with Gasteiger partial charge in [-0.05, 0) is 87.1 Å². The van der Waals surface area contributed by atoms with Crippen LogP contribution >= 0.6 is 11.3 Å². The van der Waals surface area contributed by atoms with Gasteiger partial charge in [0.2, 0.25) is 11.8 Å². The van der Waals surface area contributed by atoms with Crippen LogP contribution in [0.25, 0.3) is 0 Å². The van der Waals surface area contributed by atoms with Crippen LogP contribution in [0.15, 0.2) is 47.8 Å². The Morgan fingerprint density at radius 1 is 0.939 bits per heavy atom. The van der Waals surface area contributed by atoms with Crippen molar-refractivity contribution in [2.45, 2.75) is 71.5 Å².